The zero-order chi connectivity index (χ0) is 14.9. The van der Waals surface area contributed by atoms with Crippen LogP contribution in [0.4, 0.5) is 10.1 Å². The second-order valence-electron chi connectivity index (χ2n) is 5.93. The van der Waals surface area contributed by atoms with Gasteiger partial charge in [-0.25, -0.2) is 17.5 Å². The summed E-state index contributed by atoms with van der Waals surface area (Å²) in [6, 6.07) is 3.50. The third kappa shape index (κ3) is 3.49. The molecule has 2 rings (SSSR count). The van der Waals surface area contributed by atoms with Gasteiger partial charge in [0.05, 0.1) is 0 Å². The smallest absolute Gasteiger partial charge is 0.243 e. The highest BCUT2D eigenvalue weighted by Crippen LogP contribution is 2.29. The second kappa shape index (κ2) is 5.69. The number of anilines is 1. The first-order chi connectivity index (χ1) is 9.28. The molecule has 1 fully saturated rings. The normalized spacial score (nSPS) is 27.4. The van der Waals surface area contributed by atoms with Gasteiger partial charge in [0.2, 0.25) is 10.0 Å². The van der Waals surface area contributed by atoms with Crippen LogP contribution in [0.5, 0.6) is 0 Å². The van der Waals surface area contributed by atoms with Crippen LogP contribution in [0.3, 0.4) is 0 Å². The highest BCUT2D eigenvalue weighted by molar-refractivity contribution is 7.89. The number of benzene rings is 1. The predicted molar refractivity (Wildman–Crippen MR) is 77.1 cm³/mol. The minimum atomic E-state index is -3.83. The van der Waals surface area contributed by atoms with E-state index >= 15 is 0 Å². The lowest BCUT2D eigenvalue weighted by Gasteiger charge is -2.31. The number of halogens is 1. The van der Waals surface area contributed by atoms with Gasteiger partial charge < -0.3 is 5.73 Å². The van der Waals surface area contributed by atoms with Gasteiger partial charge in [-0.05, 0) is 49.3 Å². The molecule has 6 heteroatoms. The third-order valence-electron chi connectivity index (χ3n) is 3.75. The fraction of sp³-hybridized carbons (Fsp3) is 0.571. The first kappa shape index (κ1) is 15.3. The lowest BCUT2D eigenvalue weighted by atomic mass is 9.81. The molecule has 2 unspecified atom stereocenters. The van der Waals surface area contributed by atoms with E-state index in [2.05, 4.69) is 18.6 Å². The number of nitrogen functional groups attached to an aromatic ring is 1. The molecule has 1 aromatic rings. The van der Waals surface area contributed by atoms with Gasteiger partial charge in [-0.2, -0.15) is 0 Å². The number of rotatable bonds is 3. The van der Waals surface area contributed by atoms with Crippen LogP contribution < -0.4 is 10.5 Å². The molecular weight excluding hydrogens is 279 g/mol. The van der Waals surface area contributed by atoms with Crippen LogP contribution >= 0.6 is 0 Å². The number of nitrogens with one attached hydrogen (secondary N) is 1. The predicted octanol–water partition coefficient (Wildman–Crippen LogP) is 2.51. The van der Waals surface area contributed by atoms with Crippen molar-refractivity contribution in [2.45, 2.75) is 44.0 Å². The second-order valence-corrected chi connectivity index (χ2v) is 7.61. The Morgan fingerprint density at radius 2 is 1.80 bits per heavy atom. The summed E-state index contributed by atoms with van der Waals surface area (Å²) in [4.78, 5) is -0.336. The van der Waals surface area contributed by atoms with E-state index in [1.54, 1.807) is 0 Å². The molecule has 2 atom stereocenters. The Bertz CT molecular complexity index is 579. The Hall–Kier alpha value is -1.14. The largest absolute Gasteiger partial charge is 0.399 e. The molecular formula is C14H21FN2O2S. The van der Waals surface area contributed by atoms with Crippen molar-refractivity contribution in [3.63, 3.8) is 0 Å². The van der Waals surface area contributed by atoms with Crippen molar-refractivity contribution in [1.29, 1.82) is 0 Å². The summed E-state index contributed by atoms with van der Waals surface area (Å²) in [5.41, 5.74) is 5.65. The molecule has 112 valence electrons. The van der Waals surface area contributed by atoms with Crippen molar-refractivity contribution in [3.8, 4) is 0 Å². The van der Waals surface area contributed by atoms with Crippen LogP contribution in [0.15, 0.2) is 23.1 Å². The Morgan fingerprint density at radius 1 is 1.20 bits per heavy atom. The highest BCUT2D eigenvalue weighted by Gasteiger charge is 2.29. The number of sulfonamides is 1. The molecule has 1 aliphatic rings. The lowest BCUT2D eigenvalue weighted by Crippen LogP contribution is -2.40. The maximum atomic E-state index is 13.8. The first-order valence-corrected chi connectivity index (χ1v) is 8.33. The summed E-state index contributed by atoms with van der Waals surface area (Å²) >= 11 is 0. The summed E-state index contributed by atoms with van der Waals surface area (Å²) in [6.45, 7) is 4.22. The maximum absolute atomic E-state index is 13.8. The molecule has 0 amide bonds. The monoisotopic (exact) mass is 300 g/mol. The zero-order valence-corrected chi connectivity index (χ0v) is 12.6. The van der Waals surface area contributed by atoms with Gasteiger partial charge in [0.15, 0.2) is 0 Å². The maximum Gasteiger partial charge on any atom is 0.243 e. The van der Waals surface area contributed by atoms with E-state index in [0.29, 0.717) is 11.8 Å². The van der Waals surface area contributed by atoms with E-state index in [0.717, 1.165) is 25.3 Å². The fourth-order valence-corrected chi connectivity index (χ4v) is 4.38. The molecule has 1 aromatic carbocycles. The SMILES string of the molecule is CC1CC(C)CC(NS(=O)(=O)c2ccc(N)cc2F)C1. The Balaban J connectivity index is 2.18. The van der Waals surface area contributed by atoms with E-state index in [1.165, 1.54) is 12.1 Å². The molecule has 0 heterocycles. The third-order valence-corrected chi connectivity index (χ3v) is 5.30. The van der Waals surface area contributed by atoms with Crippen molar-refractivity contribution in [3.05, 3.63) is 24.0 Å². The molecule has 0 bridgehead atoms. The van der Waals surface area contributed by atoms with E-state index < -0.39 is 15.8 Å². The Labute approximate surface area is 119 Å². The van der Waals surface area contributed by atoms with E-state index in [-0.39, 0.29) is 16.6 Å². The van der Waals surface area contributed by atoms with E-state index in [4.69, 9.17) is 5.73 Å². The van der Waals surface area contributed by atoms with Crippen molar-refractivity contribution in [1.82, 2.24) is 4.72 Å². The lowest BCUT2D eigenvalue weighted by molar-refractivity contribution is 0.257. The summed E-state index contributed by atoms with van der Waals surface area (Å²) in [5.74, 6) is 0.139. The molecule has 4 nitrogen and oxygen atoms in total. The topological polar surface area (TPSA) is 72.2 Å². The van der Waals surface area contributed by atoms with Gasteiger partial charge >= 0.3 is 0 Å². The Kier molecular flexibility index (Phi) is 4.34. The summed E-state index contributed by atoms with van der Waals surface area (Å²) < 4.78 is 40.9. The van der Waals surface area contributed by atoms with Gasteiger partial charge in [-0.15, -0.1) is 0 Å². The minimum absolute atomic E-state index is 0.129. The Morgan fingerprint density at radius 3 is 2.35 bits per heavy atom. The minimum Gasteiger partial charge on any atom is -0.399 e. The van der Waals surface area contributed by atoms with Crippen LogP contribution in [-0.4, -0.2) is 14.5 Å². The van der Waals surface area contributed by atoms with Crippen molar-refractivity contribution in [2.24, 2.45) is 11.8 Å². The van der Waals surface area contributed by atoms with Gasteiger partial charge in [0.1, 0.15) is 10.7 Å². The van der Waals surface area contributed by atoms with Crippen LogP contribution in [0.1, 0.15) is 33.1 Å². The highest BCUT2D eigenvalue weighted by atomic mass is 32.2. The van der Waals surface area contributed by atoms with E-state index in [9.17, 15) is 12.8 Å². The first-order valence-electron chi connectivity index (χ1n) is 6.85. The molecule has 1 aliphatic carbocycles. The van der Waals surface area contributed by atoms with Crippen molar-refractivity contribution >= 4 is 15.7 Å². The molecule has 0 spiro atoms. The molecule has 20 heavy (non-hydrogen) atoms. The molecule has 0 aliphatic heterocycles. The quantitative estimate of drug-likeness (QED) is 0.843. The van der Waals surface area contributed by atoms with Crippen LogP contribution in [0, 0.1) is 17.7 Å². The average Bonchev–Trinajstić information content (AvgIpc) is 2.25. The zero-order valence-electron chi connectivity index (χ0n) is 11.8. The molecule has 3 N–H and O–H groups in total. The van der Waals surface area contributed by atoms with E-state index in [1.807, 2.05) is 0 Å². The molecule has 0 radical (unpaired) electrons. The summed E-state index contributed by atoms with van der Waals surface area (Å²) in [7, 11) is -3.83. The van der Waals surface area contributed by atoms with Gasteiger partial charge in [-0.3, -0.25) is 0 Å². The number of hydrogen-bond donors (Lipinski definition) is 2. The standard InChI is InChI=1S/C14H21FN2O2S/c1-9-5-10(2)7-12(6-9)17-20(18,19)14-4-3-11(16)8-13(14)15/h3-4,8-10,12,17H,5-7,16H2,1-2H3. The number of hydrogen-bond acceptors (Lipinski definition) is 3. The van der Waals surface area contributed by atoms with Gasteiger partial charge in [0.25, 0.3) is 0 Å². The van der Waals surface area contributed by atoms with Crippen LogP contribution in [0.2, 0.25) is 0 Å². The van der Waals surface area contributed by atoms with Crippen LogP contribution in [-0.2, 0) is 10.0 Å². The summed E-state index contributed by atoms with van der Waals surface area (Å²) in [5, 5.41) is 0. The average molecular weight is 300 g/mol. The molecule has 0 saturated heterocycles. The van der Waals surface area contributed by atoms with Gasteiger partial charge in [0, 0.05) is 11.7 Å². The van der Waals surface area contributed by atoms with Crippen LogP contribution in [0.25, 0.3) is 0 Å². The van der Waals surface area contributed by atoms with Gasteiger partial charge in [-0.1, -0.05) is 13.8 Å². The summed E-state index contributed by atoms with van der Waals surface area (Å²) in [6.07, 6.45) is 2.69. The molecule has 0 aromatic heterocycles. The number of nitrogens with two attached hydrogens (primary N) is 1. The molecule has 1 saturated carbocycles. The van der Waals surface area contributed by atoms with Crippen molar-refractivity contribution < 1.29 is 12.8 Å². The fourth-order valence-electron chi connectivity index (χ4n) is 3.06. The van der Waals surface area contributed by atoms with Crippen molar-refractivity contribution in [2.75, 3.05) is 5.73 Å².